The van der Waals surface area contributed by atoms with Gasteiger partial charge in [0.2, 0.25) is 0 Å². The van der Waals surface area contributed by atoms with Gasteiger partial charge in [-0.05, 0) is 104 Å². The Hall–Kier alpha value is -0.670. The van der Waals surface area contributed by atoms with Crippen LogP contribution in [-0.2, 0) is 9.53 Å². The summed E-state index contributed by atoms with van der Waals surface area (Å²) in [5.74, 6) is 6.12. The number of aliphatic hydroxyl groups is 1. The highest BCUT2D eigenvalue weighted by Crippen LogP contribution is 2.73. The third-order valence-corrected chi connectivity index (χ3v) is 12.5. The lowest BCUT2D eigenvalue weighted by Crippen LogP contribution is -2.64. The summed E-state index contributed by atoms with van der Waals surface area (Å²) in [4.78, 5) is 13.3. The minimum absolute atomic E-state index is 0.0560. The van der Waals surface area contributed by atoms with Crippen molar-refractivity contribution in [3.05, 3.63) is 12.2 Å². The van der Waals surface area contributed by atoms with Gasteiger partial charge in [0.15, 0.2) is 5.78 Å². The molecule has 1 N–H and O–H groups in total. The Balaban J connectivity index is 1.28. The van der Waals surface area contributed by atoms with Crippen LogP contribution >= 0.6 is 0 Å². The number of carbonyl (C=O) groups is 1. The largest absolute Gasteiger partial charge is 0.393 e. The van der Waals surface area contributed by atoms with E-state index in [0.717, 1.165) is 48.9 Å². The number of hydrogen-bond donors (Lipinski definition) is 1. The van der Waals surface area contributed by atoms with E-state index in [1.165, 1.54) is 19.3 Å². The van der Waals surface area contributed by atoms with Gasteiger partial charge in [-0.1, -0.05) is 40.7 Å². The average Bonchev–Trinajstić information content (AvgIpc) is 3.62. The van der Waals surface area contributed by atoms with Gasteiger partial charge in [-0.15, -0.1) is 0 Å². The summed E-state index contributed by atoms with van der Waals surface area (Å²) in [6.45, 7) is 14.4. The fourth-order valence-corrected chi connectivity index (χ4v) is 10.4. The molecule has 6 rings (SSSR count). The molecule has 1 aliphatic heterocycles. The second kappa shape index (κ2) is 6.72. The van der Waals surface area contributed by atoms with E-state index in [1.807, 2.05) is 6.08 Å². The summed E-state index contributed by atoms with van der Waals surface area (Å²) in [5.41, 5.74) is -0.671. The van der Waals surface area contributed by atoms with Gasteiger partial charge in [0.1, 0.15) is 5.60 Å². The van der Waals surface area contributed by atoms with Crippen LogP contribution in [0.2, 0.25) is 0 Å². The monoisotopic (exact) mass is 440 g/mol. The van der Waals surface area contributed by atoms with Crippen molar-refractivity contribution in [2.75, 3.05) is 0 Å². The van der Waals surface area contributed by atoms with Gasteiger partial charge in [0.05, 0.1) is 17.6 Å². The molecule has 5 aliphatic carbocycles. The molecular weight excluding hydrogens is 396 g/mol. The molecule has 32 heavy (non-hydrogen) atoms. The van der Waals surface area contributed by atoms with Crippen molar-refractivity contribution < 1.29 is 14.6 Å². The predicted octanol–water partition coefficient (Wildman–Crippen LogP) is 5.66. The van der Waals surface area contributed by atoms with Crippen LogP contribution in [0.15, 0.2) is 12.2 Å². The number of aliphatic hydroxyl groups excluding tert-OH is 1. The lowest BCUT2D eigenvalue weighted by atomic mass is 9.44. The van der Waals surface area contributed by atoms with E-state index >= 15 is 0 Å². The topological polar surface area (TPSA) is 49.8 Å². The molecule has 13 atom stereocenters. The van der Waals surface area contributed by atoms with Crippen molar-refractivity contribution in [1.82, 2.24) is 0 Å². The van der Waals surface area contributed by atoms with E-state index < -0.39 is 5.41 Å². The Labute approximate surface area is 194 Å². The average molecular weight is 441 g/mol. The van der Waals surface area contributed by atoms with Crippen LogP contribution in [0.5, 0.6) is 0 Å². The lowest BCUT2D eigenvalue weighted by molar-refractivity contribution is -0.166. The molecule has 6 aliphatic rings. The molecule has 13 unspecified atom stereocenters. The fraction of sp³-hybridized carbons (Fsp3) is 0.897. The highest BCUT2D eigenvalue weighted by molar-refractivity contribution is 5.97. The zero-order chi connectivity index (χ0) is 22.8. The first kappa shape index (κ1) is 21.8. The minimum Gasteiger partial charge on any atom is -0.393 e. The van der Waals surface area contributed by atoms with Gasteiger partial charge in [-0.2, -0.15) is 0 Å². The maximum absolute atomic E-state index is 13.3. The Bertz CT molecular complexity index is 847. The quantitative estimate of drug-likeness (QED) is 0.574. The van der Waals surface area contributed by atoms with Crippen LogP contribution in [0.25, 0.3) is 0 Å². The predicted molar refractivity (Wildman–Crippen MR) is 126 cm³/mol. The van der Waals surface area contributed by atoms with Crippen molar-refractivity contribution in [2.45, 2.75) is 97.9 Å². The van der Waals surface area contributed by atoms with Gasteiger partial charge < -0.3 is 9.84 Å². The van der Waals surface area contributed by atoms with E-state index in [0.29, 0.717) is 17.8 Å². The molecule has 1 saturated heterocycles. The molecule has 3 nitrogen and oxygen atoms in total. The molecule has 0 radical (unpaired) electrons. The molecule has 4 saturated carbocycles. The Morgan fingerprint density at radius 3 is 2.56 bits per heavy atom. The van der Waals surface area contributed by atoms with Crippen LogP contribution < -0.4 is 0 Å². The van der Waals surface area contributed by atoms with Crippen LogP contribution in [-0.4, -0.2) is 28.7 Å². The molecule has 0 aromatic carbocycles. The fourth-order valence-electron chi connectivity index (χ4n) is 10.4. The number of allylic oxidation sites excluding steroid dienone is 1. The molecule has 1 spiro atoms. The molecule has 0 aromatic heterocycles. The molecular formula is C29H44O3. The molecule has 0 amide bonds. The highest BCUT2D eigenvalue weighted by atomic mass is 16.6. The number of ketones is 1. The summed E-state index contributed by atoms with van der Waals surface area (Å²) in [6.07, 6.45) is 10.4. The number of ether oxygens (including phenoxy) is 1. The summed E-state index contributed by atoms with van der Waals surface area (Å²) in [7, 11) is 0. The number of hydrogen-bond acceptors (Lipinski definition) is 3. The van der Waals surface area contributed by atoms with E-state index in [1.54, 1.807) is 6.08 Å². The smallest absolute Gasteiger partial charge is 0.164 e. The number of carbonyl (C=O) groups excluding carboxylic acids is 1. The van der Waals surface area contributed by atoms with Crippen LogP contribution in [0, 0.1) is 64.1 Å². The molecule has 3 heteroatoms. The van der Waals surface area contributed by atoms with Crippen molar-refractivity contribution in [2.24, 2.45) is 64.1 Å². The van der Waals surface area contributed by atoms with Crippen LogP contribution in [0.3, 0.4) is 0 Å². The van der Waals surface area contributed by atoms with E-state index in [2.05, 4.69) is 41.5 Å². The van der Waals surface area contributed by atoms with E-state index in [-0.39, 0.29) is 34.9 Å². The first-order chi connectivity index (χ1) is 15.1. The summed E-state index contributed by atoms with van der Waals surface area (Å²) < 4.78 is 6.37. The summed E-state index contributed by atoms with van der Waals surface area (Å²) >= 11 is 0. The van der Waals surface area contributed by atoms with Crippen LogP contribution in [0.1, 0.15) is 80.1 Å². The second-order valence-corrected chi connectivity index (χ2v) is 13.7. The summed E-state index contributed by atoms with van der Waals surface area (Å²) in [6, 6.07) is 0. The zero-order valence-corrected chi connectivity index (χ0v) is 21.0. The maximum atomic E-state index is 13.3. The molecule has 0 aromatic rings. The third kappa shape index (κ3) is 2.54. The zero-order valence-electron chi connectivity index (χ0n) is 21.0. The van der Waals surface area contributed by atoms with Crippen molar-refractivity contribution in [1.29, 1.82) is 0 Å². The first-order valence-corrected chi connectivity index (χ1v) is 13.6. The van der Waals surface area contributed by atoms with E-state index in [9.17, 15) is 9.90 Å². The molecule has 0 bridgehead atoms. The van der Waals surface area contributed by atoms with Crippen molar-refractivity contribution >= 4 is 5.78 Å². The normalized spacial score (nSPS) is 57.3. The van der Waals surface area contributed by atoms with Crippen LogP contribution in [0.4, 0.5) is 0 Å². The summed E-state index contributed by atoms with van der Waals surface area (Å²) in [5, 5.41) is 11.7. The van der Waals surface area contributed by atoms with Crippen molar-refractivity contribution in [3.8, 4) is 0 Å². The van der Waals surface area contributed by atoms with Gasteiger partial charge >= 0.3 is 0 Å². The molecule has 5 fully saturated rings. The number of epoxide rings is 1. The second-order valence-electron chi connectivity index (χ2n) is 13.7. The lowest BCUT2D eigenvalue weighted by Gasteiger charge is -2.59. The molecule has 178 valence electrons. The third-order valence-electron chi connectivity index (χ3n) is 12.5. The van der Waals surface area contributed by atoms with Gasteiger partial charge in [0.25, 0.3) is 0 Å². The SMILES string of the molecule is CC(C)C(C)C1CC1C(C)C1CCC2C3CC4OC45CC=CC(=O)C5(C)C3C(O)CC12C. The minimum atomic E-state index is -0.548. The first-order valence-electron chi connectivity index (χ1n) is 13.6. The Kier molecular flexibility index (Phi) is 4.58. The van der Waals surface area contributed by atoms with Gasteiger partial charge in [-0.25, -0.2) is 0 Å². The number of fused-ring (bicyclic) bond motifs is 4. The maximum Gasteiger partial charge on any atom is 0.164 e. The number of rotatable bonds is 4. The van der Waals surface area contributed by atoms with Gasteiger partial charge in [-0.3, -0.25) is 4.79 Å². The van der Waals surface area contributed by atoms with Gasteiger partial charge in [0, 0.05) is 5.92 Å². The molecule has 1 heterocycles. The van der Waals surface area contributed by atoms with Crippen molar-refractivity contribution in [3.63, 3.8) is 0 Å². The van der Waals surface area contributed by atoms with E-state index in [4.69, 9.17) is 4.74 Å². The Morgan fingerprint density at radius 1 is 1.09 bits per heavy atom. The Morgan fingerprint density at radius 2 is 1.84 bits per heavy atom. The standard InChI is InChI=1S/C29H44O3/c1-15(2)16(3)18-12-19(18)17(4)21-9-10-22-20-13-25-29(32-25)11-7-8-24(31)28(29,6)26(20)23(30)14-27(21,22)5/h7-8,15-23,25-26,30H,9-14H2,1-6H3. The highest BCUT2D eigenvalue weighted by Gasteiger charge is 2.78.